The molecule has 0 aliphatic rings. The van der Waals surface area contributed by atoms with Gasteiger partial charge in [0.05, 0.1) is 17.3 Å². The highest BCUT2D eigenvalue weighted by Gasteiger charge is 2.16. The molecule has 3 rings (SSSR count). The Balaban J connectivity index is 2.07. The normalized spacial score (nSPS) is 12.3. The van der Waals surface area contributed by atoms with Crippen molar-refractivity contribution in [2.24, 2.45) is 0 Å². The molecule has 0 saturated heterocycles. The van der Waals surface area contributed by atoms with Gasteiger partial charge in [0.15, 0.2) is 0 Å². The highest BCUT2D eigenvalue weighted by Crippen LogP contribution is 2.22. The van der Waals surface area contributed by atoms with Crippen LogP contribution in [0.1, 0.15) is 24.2 Å². The molecule has 0 saturated carbocycles. The molecule has 0 radical (unpaired) electrons. The smallest absolute Gasteiger partial charge is 0.258 e. The Kier molecular flexibility index (Phi) is 3.39. The first-order valence-corrected chi connectivity index (χ1v) is 6.80. The second-order valence-corrected chi connectivity index (χ2v) is 5.01. The SMILES string of the molecule is Cc1ccnc(C(C)n2ccnc2-c2ccc[nH]c2=O)c1. The fourth-order valence-electron chi connectivity index (χ4n) is 2.36. The highest BCUT2D eigenvalue weighted by molar-refractivity contribution is 5.54. The molecule has 0 amide bonds. The van der Waals surface area contributed by atoms with Crippen molar-refractivity contribution in [1.29, 1.82) is 0 Å². The summed E-state index contributed by atoms with van der Waals surface area (Å²) < 4.78 is 1.96. The van der Waals surface area contributed by atoms with Gasteiger partial charge in [0.1, 0.15) is 5.82 Å². The van der Waals surface area contributed by atoms with Crippen LogP contribution in [0.15, 0.2) is 53.8 Å². The van der Waals surface area contributed by atoms with Crippen LogP contribution in [0, 0.1) is 6.92 Å². The van der Waals surface area contributed by atoms with Gasteiger partial charge in [-0.1, -0.05) is 0 Å². The summed E-state index contributed by atoms with van der Waals surface area (Å²) >= 11 is 0. The zero-order valence-electron chi connectivity index (χ0n) is 11.9. The molecule has 106 valence electrons. The maximum Gasteiger partial charge on any atom is 0.258 e. The minimum Gasteiger partial charge on any atom is -0.328 e. The summed E-state index contributed by atoms with van der Waals surface area (Å²) in [5.74, 6) is 0.646. The van der Waals surface area contributed by atoms with Crippen molar-refractivity contribution < 1.29 is 0 Å². The fourth-order valence-corrected chi connectivity index (χ4v) is 2.36. The molecule has 1 unspecified atom stereocenters. The quantitative estimate of drug-likeness (QED) is 0.802. The van der Waals surface area contributed by atoms with E-state index in [0.717, 1.165) is 11.3 Å². The number of aromatic amines is 1. The molecule has 5 nitrogen and oxygen atoms in total. The van der Waals surface area contributed by atoms with Crippen LogP contribution in [0.2, 0.25) is 0 Å². The van der Waals surface area contributed by atoms with Gasteiger partial charge in [0.25, 0.3) is 5.56 Å². The minimum atomic E-state index is -0.144. The first-order chi connectivity index (χ1) is 10.2. The molecule has 0 aromatic carbocycles. The van der Waals surface area contributed by atoms with Crippen molar-refractivity contribution in [3.63, 3.8) is 0 Å². The van der Waals surface area contributed by atoms with Gasteiger partial charge in [-0.3, -0.25) is 9.78 Å². The zero-order valence-corrected chi connectivity index (χ0v) is 11.9. The van der Waals surface area contributed by atoms with Gasteiger partial charge in [0, 0.05) is 24.8 Å². The van der Waals surface area contributed by atoms with Crippen LogP contribution in [0.3, 0.4) is 0 Å². The summed E-state index contributed by atoms with van der Waals surface area (Å²) in [6, 6.07) is 7.58. The van der Waals surface area contributed by atoms with Crippen molar-refractivity contribution in [3.8, 4) is 11.4 Å². The van der Waals surface area contributed by atoms with Crippen LogP contribution in [0.4, 0.5) is 0 Å². The number of rotatable bonds is 3. The van der Waals surface area contributed by atoms with E-state index in [-0.39, 0.29) is 11.6 Å². The maximum absolute atomic E-state index is 12.0. The van der Waals surface area contributed by atoms with Crippen LogP contribution in [-0.2, 0) is 0 Å². The van der Waals surface area contributed by atoms with Gasteiger partial charge in [-0.2, -0.15) is 0 Å². The van der Waals surface area contributed by atoms with Gasteiger partial charge < -0.3 is 9.55 Å². The number of aryl methyl sites for hydroxylation is 1. The van der Waals surface area contributed by atoms with E-state index in [0.29, 0.717) is 11.4 Å². The van der Waals surface area contributed by atoms with Gasteiger partial charge >= 0.3 is 0 Å². The maximum atomic E-state index is 12.0. The first kappa shape index (κ1) is 13.3. The Hall–Kier alpha value is -2.69. The van der Waals surface area contributed by atoms with Crippen LogP contribution in [-0.4, -0.2) is 19.5 Å². The lowest BCUT2D eigenvalue weighted by atomic mass is 10.1. The number of aromatic nitrogens is 4. The zero-order chi connectivity index (χ0) is 14.8. The Labute approximate surface area is 122 Å². The largest absolute Gasteiger partial charge is 0.328 e. The summed E-state index contributed by atoms with van der Waals surface area (Å²) in [6.07, 6.45) is 6.99. The lowest BCUT2D eigenvalue weighted by Crippen LogP contribution is -2.14. The van der Waals surface area contributed by atoms with Crippen molar-refractivity contribution in [2.75, 3.05) is 0 Å². The van der Waals surface area contributed by atoms with Gasteiger partial charge in [-0.15, -0.1) is 0 Å². The third kappa shape index (κ3) is 2.50. The minimum absolute atomic E-state index is 0.00186. The van der Waals surface area contributed by atoms with Crippen molar-refractivity contribution in [3.05, 3.63) is 70.7 Å². The second kappa shape index (κ2) is 5.36. The molecule has 1 N–H and O–H groups in total. The molecule has 0 aliphatic carbocycles. The second-order valence-electron chi connectivity index (χ2n) is 5.01. The van der Waals surface area contributed by atoms with Gasteiger partial charge in [-0.25, -0.2) is 4.98 Å². The average Bonchev–Trinajstić information content (AvgIpc) is 2.96. The predicted molar refractivity (Wildman–Crippen MR) is 81.1 cm³/mol. The van der Waals surface area contributed by atoms with Crippen LogP contribution < -0.4 is 5.56 Å². The first-order valence-electron chi connectivity index (χ1n) is 6.80. The molecule has 0 fully saturated rings. The molecule has 3 aromatic rings. The number of hydrogen-bond donors (Lipinski definition) is 1. The lowest BCUT2D eigenvalue weighted by molar-refractivity contribution is 0.626. The van der Waals surface area contributed by atoms with E-state index in [1.54, 1.807) is 30.7 Å². The molecule has 3 heterocycles. The molecule has 5 heteroatoms. The summed E-state index contributed by atoms with van der Waals surface area (Å²) in [7, 11) is 0. The number of pyridine rings is 2. The van der Waals surface area contributed by atoms with E-state index >= 15 is 0 Å². The summed E-state index contributed by atoms with van der Waals surface area (Å²) in [5, 5.41) is 0. The predicted octanol–water partition coefficient (Wildman–Crippen LogP) is 2.55. The highest BCUT2D eigenvalue weighted by atomic mass is 16.1. The lowest BCUT2D eigenvalue weighted by Gasteiger charge is -2.16. The monoisotopic (exact) mass is 280 g/mol. The van der Waals surface area contributed by atoms with E-state index in [4.69, 9.17) is 0 Å². The van der Waals surface area contributed by atoms with Crippen molar-refractivity contribution >= 4 is 0 Å². The Morgan fingerprint density at radius 3 is 2.86 bits per heavy atom. The molecule has 0 bridgehead atoms. The Bertz CT molecular complexity index is 819. The van der Waals surface area contributed by atoms with Gasteiger partial charge in [-0.05, 0) is 43.7 Å². The number of imidazole rings is 1. The number of H-pyrrole nitrogens is 1. The van der Waals surface area contributed by atoms with E-state index < -0.39 is 0 Å². The standard InChI is InChI=1S/C16H16N4O/c1-11-5-7-17-14(10-11)12(2)20-9-8-18-15(20)13-4-3-6-19-16(13)21/h3-10,12H,1-2H3,(H,19,21). The van der Waals surface area contributed by atoms with Crippen LogP contribution >= 0.6 is 0 Å². The van der Waals surface area contributed by atoms with Gasteiger partial charge in [0.2, 0.25) is 0 Å². The van der Waals surface area contributed by atoms with Crippen LogP contribution in [0.5, 0.6) is 0 Å². The van der Waals surface area contributed by atoms with Crippen LogP contribution in [0.25, 0.3) is 11.4 Å². The summed E-state index contributed by atoms with van der Waals surface area (Å²) in [6.45, 7) is 4.08. The molecule has 0 spiro atoms. The molecule has 0 aliphatic heterocycles. The fraction of sp³-hybridized carbons (Fsp3) is 0.188. The molecule has 3 aromatic heterocycles. The summed E-state index contributed by atoms with van der Waals surface area (Å²) in [4.78, 5) is 23.4. The molecular formula is C16H16N4O. The van der Waals surface area contributed by atoms with E-state index in [1.165, 1.54) is 0 Å². The number of hydrogen-bond acceptors (Lipinski definition) is 3. The molecular weight excluding hydrogens is 264 g/mol. The van der Waals surface area contributed by atoms with E-state index in [2.05, 4.69) is 15.0 Å². The number of nitrogens with one attached hydrogen (secondary N) is 1. The molecule has 1 atom stereocenters. The topological polar surface area (TPSA) is 63.6 Å². The third-order valence-corrected chi connectivity index (χ3v) is 3.51. The van der Waals surface area contributed by atoms with E-state index in [9.17, 15) is 4.79 Å². The third-order valence-electron chi connectivity index (χ3n) is 3.51. The average molecular weight is 280 g/mol. The summed E-state index contributed by atoms with van der Waals surface area (Å²) in [5.41, 5.74) is 2.52. The van der Waals surface area contributed by atoms with Crippen molar-refractivity contribution in [1.82, 2.24) is 19.5 Å². The van der Waals surface area contributed by atoms with E-state index in [1.807, 2.05) is 36.7 Å². The Morgan fingerprint density at radius 1 is 1.24 bits per heavy atom. The van der Waals surface area contributed by atoms with Crippen molar-refractivity contribution in [2.45, 2.75) is 19.9 Å². The molecule has 21 heavy (non-hydrogen) atoms. The Morgan fingerprint density at radius 2 is 2.10 bits per heavy atom. The number of nitrogens with zero attached hydrogens (tertiary/aromatic N) is 3.